The lowest BCUT2D eigenvalue weighted by atomic mass is 10.00. The van der Waals surface area contributed by atoms with Crippen molar-refractivity contribution in [2.24, 2.45) is 17.4 Å². The molecule has 7 amide bonds. The van der Waals surface area contributed by atoms with Gasteiger partial charge in [0.15, 0.2) is 5.96 Å². The molecule has 0 saturated carbocycles. The molecule has 0 aromatic heterocycles. The number of anilines is 2. The van der Waals surface area contributed by atoms with Crippen molar-refractivity contribution in [2.75, 3.05) is 63.7 Å². The van der Waals surface area contributed by atoms with Crippen LogP contribution in [0.1, 0.15) is 38.7 Å². The number of hydrogen-bond acceptors (Lipinski definition) is 15. The second kappa shape index (κ2) is 26.8. The topological polar surface area (TPSA) is 394 Å². The average molecular weight is 889 g/mol. The molecule has 0 radical (unpaired) electrons. The van der Waals surface area contributed by atoms with Crippen LogP contribution in [0.4, 0.5) is 16.2 Å². The maximum atomic E-state index is 13.9. The summed E-state index contributed by atoms with van der Waals surface area (Å²) in [4.78, 5) is 125. The van der Waals surface area contributed by atoms with Gasteiger partial charge >= 0.3 is 12.1 Å². The van der Waals surface area contributed by atoms with E-state index in [0.717, 1.165) is 0 Å². The molecule has 2 aromatic rings. The number of nitrogens with one attached hydrogen (secondary N) is 10. The molecular formula is C38H56N12O13. The molecule has 0 aliphatic carbocycles. The summed E-state index contributed by atoms with van der Waals surface area (Å²) in [5.41, 5.74) is 9.05. The molecule has 0 unspecified atom stereocenters. The molecule has 2 rings (SSSR count). The number of methoxy groups -OCH3 is 1. The lowest BCUT2D eigenvalue weighted by Crippen LogP contribution is -2.59. The van der Waals surface area contributed by atoms with E-state index in [0.29, 0.717) is 5.56 Å². The monoisotopic (exact) mass is 888 g/mol. The van der Waals surface area contributed by atoms with E-state index < -0.39 is 108 Å². The van der Waals surface area contributed by atoms with Crippen LogP contribution in [0.2, 0.25) is 0 Å². The van der Waals surface area contributed by atoms with Gasteiger partial charge in [0.2, 0.25) is 35.4 Å². The number of benzene rings is 1. The van der Waals surface area contributed by atoms with Gasteiger partial charge in [0.05, 0.1) is 26.1 Å². The van der Waals surface area contributed by atoms with Gasteiger partial charge < -0.3 is 73.9 Å². The molecule has 15 N–H and O–H groups in total. The Morgan fingerprint density at radius 1 is 0.714 bits per heavy atom. The third-order valence-corrected chi connectivity index (χ3v) is 8.83. The Labute approximate surface area is 361 Å². The Balaban J connectivity index is 2.16. The highest BCUT2D eigenvalue weighted by Gasteiger charge is 2.32. The minimum absolute atomic E-state index is 0.0397. The number of carboxylic acid groups (broad SMARTS) is 1. The van der Waals surface area contributed by atoms with E-state index in [-0.39, 0.29) is 69.4 Å². The number of rotatable bonds is 29. The van der Waals surface area contributed by atoms with Crippen molar-refractivity contribution in [1.82, 2.24) is 37.2 Å². The summed E-state index contributed by atoms with van der Waals surface area (Å²) < 4.78 is 9.80. The van der Waals surface area contributed by atoms with Crippen LogP contribution in [0.5, 0.6) is 0 Å². The number of primary amides is 1. The molecule has 2 aromatic carbocycles. The summed E-state index contributed by atoms with van der Waals surface area (Å²) in [5, 5.41) is 38.8. The maximum absolute atomic E-state index is 13.9. The zero-order valence-electron chi connectivity index (χ0n) is 35.1. The summed E-state index contributed by atoms with van der Waals surface area (Å²) in [6.07, 6.45) is -1.44. The van der Waals surface area contributed by atoms with Crippen LogP contribution in [0.15, 0.2) is 39.9 Å². The van der Waals surface area contributed by atoms with Gasteiger partial charge in [-0.3, -0.25) is 48.6 Å². The number of nitrogens with two attached hydrogens (primary N) is 2. The van der Waals surface area contributed by atoms with Crippen molar-refractivity contribution in [3.8, 4) is 0 Å². The van der Waals surface area contributed by atoms with Crippen molar-refractivity contribution in [3.63, 3.8) is 0 Å². The quantitative estimate of drug-likeness (QED) is 0.0159. The molecule has 63 heavy (non-hydrogen) atoms. The number of carbonyl (C=O) groups excluding carboxylic acids is 7. The first-order chi connectivity index (χ1) is 29.8. The fourth-order valence-corrected chi connectivity index (χ4v) is 5.61. The summed E-state index contributed by atoms with van der Waals surface area (Å²) in [6.45, 7) is 2.35. The smallest absolute Gasteiger partial charge is 0.407 e. The van der Waals surface area contributed by atoms with Crippen molar-refractivity contribution >= 4 is 64.8 Å². The fourth-order valence-electron chi connectivity index (χ4n) is 5.61. The van der Waals surface area contributed by atoms with E-state index in [1.807, 2.05) is 0 Å². The molecule has 0 saturated heterocycles. The third-order valence-electron chi connectivity index (χ3n) is 8.83. The van der Waals surface area contributed by atoms with Crippen molar-refractivity contribution in [1.29, 1.82) is 5.41 Å². The first kappa shape index (κ1) is 51.8. The van der Waals surface area contributed by atoms with Gasteiger partial charge in [-0.25, -0.2) is 4.79 Å². The van der Waals surface area contributed by atoms with Crippen molar-refractivity contribution < 1.29 is 52.9 Å². The number of alkyl carbamates (subject to hydrolysis) is 1. The number of amides is 7. The Morgan fingerprint density at radius 2 is 1.35 bits per heavy atom. The van der Waals surface area contributed by atoms with E-state index in [2.05, 4.69) is 47.9 Å². The zero-order chi connectivity index (χ0) is 47.1. The van der Waals surface area contributed by atoms with Crippen LogP contribution in [0, 0.1) is 11.3 Å². The fraction of sp³-hybridized carbons (Fsp3) is 0.500. The number of carboxylic acids is 1. The molecule has 0 heterocycles. The van der Waals surface area contributed by atoms with Crippen LogP contribution in [0.3, 0.4) is 0 Å². The Bertz CT molecular complexity index is 1990. The number of aliphatic carboxylic acids is 1. The van der Waals surface area contributed by atoms with Crippen molar-refractivity contribution in [2.45, 2.75) is 63.7 Å². The molecule has 0 spiro atoms. The highest BCUT2D eigenvalue weighted by molar-refractivity contribution is 5.96. The van der Waals surface area contributed by atoms with Gasteiger partial charge in [0.1, 0.15) is 42.1 Å². The lowest BCUT2D eigenvalue weighted by Gasteiger charge is -2.27. The zero-order valence-corrected chi connectivity index (χ0v) is 35.1. The predicted molar refractivity (Wildman–Crippen MR) is 226 cm³/mol. The predicted octanol–water partition coefficient (Wildman–Crippen LogP) is -4.34. The van der Waals surface area contributed by atoms with Crippen LogP contribution < -0.4 is 70.2 Å². The first-order valence-electron chi connectivity index (χ1n) is 19.6. The molecular weight excluding hydrogens is 832 g/mol. The molecule has 25 nitrogen and oxygen atoms in total. The number of ether oxygens (including phenoxy) is 2. The number of carbonyl (C=O) groups is 8. The minimum atomic E-state index is -1.56. The summed E-state index contributed by atoms with van der Waals surface area (Å²) >= 11 is 0. The highest BCUT2D eigenvalue weighted by Crippen LogP contribution is 2.14. The Morgan fingerprint density at radius 3 is 1.95 bits per heavy atom. The van der Waals surface area contributed by atoms with Crippen molar-refractivity contribution in [3.05, 3.63) is 56.3 Å². The number of guanidine groups is 1. The number of hydrogen-bond donors (Lipinski definition) is 13. The molecule has 0 aliphatic rings. The van der Waals surface area contributed by atoms with E-state index in [1.54, 1.807) is 44.2 Å². The van der Waals surface area contributed by atoms with Crippen LogP contribution in [-0.4, -0.2) is 136 Å². The van der Waals surface area contributed by atoms with Crippen LogP contribution in [-0.2, 0) is 49.5 Å². The molecule has 0 fully saturated rings. The molecule has 4 atom stereocenters. The first-order valence-corrected chi connectivity index (χ1v) is 19.6. The van der Waals surface area contributed by atoms with Gasteiger partial charge in [0, 0.05) is 33.2 Å². The van der Waals surface area contributed by atoms with Gasteiger partial charge in [-0.2, -0.15) is 0 Å². The van der Waals surface area contributed by atoms with Gasteiger partial charge in [-0.05, 0) is 24.3 Å². The molecule has 0 aliphatic heterocycles. The second-order valence-electron chi connectivity index (χ2n) is 14.2. The standard InChI is InChI=1S/C38H56N12O13/c1-20(2)28(36(60)49-22(10-7-11-43-37(40)41)34(58)46-19-26(52)47-23(33(39)57)17-27(53)54)50-35(59)24(16-21-8-5-4-6-9-21)48-25(51)18-45-30-29(31(55)32(30)56)42-13-15-63-38(61)44-12-14-62-3/h4-6,8-9,20,22-24,28,42,45H,7,10-19H2,1-3H3,(H2,39,57)(H,44,61)(H,46,58)(H,47,52)(H,48,51)(H,49,60)(H,50,59)(H,53,54)(H4,40,41,43)/t22-,23-,24+,28-/m0/s1. The lowest BCUT2D eigenvalue weighted by molar-refractivity contribution is -0.140. The van der Waals surface area contributed by atoms with Gasteiger partial charge in [0.25, 0.3) is 10.9 Å². The van der Waals surface area contributed by atoms with E-state index >= 15 is 0 Å². The second-order valence-corrected chi connectivity index (χ2v) is 14.2. The minimum Gasteiger partial charge on any atom is -0.481 e. The third kappa shape index (κ3) is 18.9. The van der Waals surface area contributed by atoms with E-state index in [1.165, 1.54) is 7.11 Å². The van der Waals surface area contributed by atoms with Gasteiger partial charge in [-0.1, -0.05) is 44.2 Å². The SMILES string of the molecule is COCCNC(=O)OCCNc1c(NCC(=O)N[C@H](Cc2ccccc2)C(=O)N[C@H](C(=O)N[C@@H](CCCNC(=N)N)C(=O)NCC(=O)N[C@@H](CC(=O)O)C(N)=O)C(C)C)c(=O)c1=O. The summed E-state index contributed by atoms with van der Waals surface area (Å²) in [5.74, 6) is -7.65. The van der Waals surface area contributed by atoms with Gasteiger partial charge in [-0.15, -0.1) is 0 Å². The Kier molecular flexibility index (Phi) is 22.1. The molecule has 0 bridgehead atoms. The average Bonchev–Trinajstić information content (AvgIpc) is 3.22. The summed E-state index contributed by atoms with van der Waals surface area (Å²) in [6, 6.07) is 3.13. The maximum Gasteiger partial charge on any atom is 0.407 e. The normalized spacial score (nSPS) is 12.6. The highest BCUT2D eigenvalue weighted by atomic mass is 16.5. The Hall–Kier alpha value is -7.31. The molecule has 25 heteroatoms. The largest absolute Gasteiger partial charge is 0.481 e. The van der Waals surface area contributed by atoms with Crippen LogP contribution >= 0.6 is 0 Å². The van der Waals surface area contributed by atoms with E-state index in [9.17, 15) is 47.9 Å². The summed E-state index contributed by atoms with van der Waals surface area (Å²) in [7, 11) is 1.46. The van der Waals surface area contributed by atoms with Crippen LogP contribution in [0.25, 0.3) is 0 Å². The molecule has 346 valence electrons. The van der Waals surface area contributed by atoms with E-state index in [4.69, 9.17) is 31.5 Å².